The molecule has 3 N–H and O–H groups in total. The first-order valence-corrected chi connectivity index (χ1v) is 7.26. The fraction of sp³-hybridized carbons (Fsp3) is 0.0588. The number of fused-ring (bicyclic) bond motifs is 2. The molecule has 25 heavy (non-hydrogen) atoms. The molecular formula is C17H11FN2O5. The topological polar surface area (TPSA) is 104 Å². The highest BCUT2D eigenvalue weighted by molar-refractivity contribution is 6.14. The molecule has 126 valence electrons. The second-order valence-electron chi connectivity index (χ2n) is 5.33. The maximum absolute atomic E-state index is 13.3. The molecule has 1 aromatic heterocycles. The maximum Gasteiger partial charge on any atom is 0.286 e. The lowest BCUT2D eigenvalue weighted by Gasteiger charge is -2.06. The molecular weight excluding hydrogens is 331 g/mol. The Morgan fingerprint density at radius 3 is 2.68 bits per heavy atom. The van der Waals surface area contributed by atoms with Crippen molar-refractivity contribution in [2.45, 2.75) is 0 Å². The van der Waals surface area contributed by atoms with E-state index in [2.05, 4.69) is 5.32 Å². The molecule has 0 bridgehead atoms. The summed E-state index contributed by atoms with van der Waals surface area (Å²) in [5.74, 6) is -1.19. The van der Waals surface area contributed by atoms with E-state index < -0.39 is 17.6 Å². The summed E-state index contributed by atoms with van der Waals surface area (Å²) in [6.07, 6.45) is 0. The zero-order valence-corrected chi connectivity index (χ0v) is 12.7. The van der Waals surface area contributed by atoms with Crippen molar-refractivity contribution in [2.75, 3.05) is 12.1 Å². The molecule has 0 aliphatic carbocycles. The highest BCUT2D eigenvalue weighted by atomic mass is 19.1. The van der Waals surface area contributed by atoms with Crippen LogP contribution in [0.3, 0.4) is 0 Å². The number of anilines is 1. The number of carbonyl (C=O) groups is 2. The van der Waals surface area contributed by atoms with Crippen LogP contribution in [0.2, 0.25) is 0 Å². The second-order valence-corrected chi connectivity index (χ2v) is 5.33. The second kappa shape index (κ2) is 5.52. The Balaban J connectivity index is 1.73. The van der Waals surface area contributed by atoms with E-state index in [1.54, 1.807) is 12.1 Å². The molecule has 7 nitrogen and oxygen atoms in total. The van der Waals surface area contributed by atoms with Crippen LogP contribution in [-0.4, -0.2) is 18.6 Å². The van der Waals surface area contributed by atoms with E-state index in [4.69, 9.17) is 19.6 Å². The summed E-state index contributed by atoms with van der Waals surface area (Å²) in [6, 6.07) is 8.38. The van der Waals surface area contributed by atoms with Crippen molar-refractivity contribution in [1.29, 1.82) is 0 Å². The molecule has 1 aliphatic rings. The molecule has 0 fully saturated rings. The number of nitrogens with two attached hydrogens (primary N) is 1. The Morgan fingerprint density at radius 2 is 1.88 bits per heavy atom. The predicted octanol–water partition coefficient (Wildman–Crippen LogP) is 2.65. The van der Waals surface area contributed by atoms with Gasteiger partial charge in [0.2, 0.25) is 12.6 Å². The van der Waals surface area contributed by atoms with Gasteiger partial charge in [-0.05, 0) is 30.3 Å². The molecule has 0 spiro atoms. The lowest BCUT2D eigenvalue weighted by molar-refractivity contribution is 0.0977. The van der Waals surface area contributed by atoms with Gasteiger partial charge in [0.1, 0.15) is 17.1 Å². The lowest BCUT2D eigenvalue weighted by Crippen LogP contribution is -2.17. The number of carbonyl (C=O) groups excluding carboxylic acids is 2. The van der Waals surface area contributed by atoms with Crippen LogP contribution in [-0.2, 0) is 0 Å². The van der Waals surface area contributed by atoms with Crippen LogP contribution in [0.15, 0.2) is 40.8 Å². The molecule has 0 saturated carbocycles. The fourth-order valence-electron chi connectivity index (χ4n) is 2.59. The lowest BCUT2D eigenvalue weighted by atomic mass is 10.1. The van der Waals surface area contributed by atoms with Gasteiger partial charge in [-0.15, -0.1) is 0 Å². The van der Waals surface area contributed by atoms with E-state index >= 15 is 0 Å². The normalized spacial score (nSPS) is 12.4. The summed E-state index contributed by atoms with van der Waals surface area (Å²) in [5, 5.41) is 2.95. The van der Waals surface area contributed by atoms with Crippen LogP contribution >= 0.6 is 0 Å². The molecule has 0 radical (unpaired) electrons. The first kappa shape index (κ1) is 15.0. The number of ether oxygens (including phenoxy) is 2. The summed E-state index contributed by atoms with van der Waals surface area (Å²) in [4.78, 5) is 24.1. The van der Waals surface area contributed by atoms with Crippen molar-refractivity contribution < 1.29 is 27.9 Å². The van der Waals surface area contributed by atoms with Crippen molar-refractivity contribution >= 4 is 28.5 Å². The van der Waals surface area contributed by atoms with Gasteiger partial charge in [-0.25, -0.2) is 4.39 Å². The molecule has 1 aliphatic heterocycles. The molecule has 3 aromatic rings. The highest BCUT2D eigenvalue weighted by Crippen LogP contribution is 2.34. The van der Waals surface area contributed by atoms with Gasteiger partial charge in [-0.3, -0.25) is 9.59 Å². The Morgan fingerprint density at radius 1 is 1.08 bits per heavy atom. The van der Waals surface area contributed by atoms with Crippen LogP contribution < -0.4 is 20.5 Å². The number of hydrogen-bond acceptors (Lipinski definition) is 5. The number of amides is 2. The Labute approximate surface area is 140 Å². The summed E-state index contributed by atoms with van der Waals surface area (Å²) in [7, 11) is 0. The van der Waals surface area contributed by atoms with Crippen molar-refractivity contribution in [3.05, 3.63) is 53.5 Å². The average Bonchev–Trinajstić information content (AvgIpc) is 3.18. The van der Waals surface area contributed by atoms with E-state index in [0.717, 1.165) is 6.07 Å². The Kier molecular flexibility index (Phi) is 3.31. The van der Waals surface area contributed by atoms with Crippen LogP contribution in [0.25, 0.3) is 11.0 Å². The number of halogens is 1. The monoisotopic (exact) mass is 342 g/mol. The van der Waals surface area contributed by atoms with Crippen molar-refractivity contribution in [1.82, 2.24) is 0 Å². The summed E-state index contributed by atoms with van der Waals surface area (Å²) in [5.41, 5.74) is 5.77. The van der Waals surface area contributed by atoms with E-state index in [1.807, 2.05) is 0 Å². The summed E-state index contributed by atoms with van der Waals surface area (Å²) >= 11 is 0. The zero-order valence-electron chi connectivity index (χ0n) is 12.7. The molecule has 0 unspecified atom stereocenters. The van der Waals surface area contributed by atoms with Gasteiger partial charge in [0, 0.05) is 17.0 Å². The minimum atomic E-state index is -0.877. The van der Waals surface area contributed by atoms with Gasteiger partial charge in [-0.2, -0.15) is 0 Å². The number of primary amides is 1. The quantitative estimate of drug-likeness (QED) is 0.761. The van der Waals surface area contributed by atoms with E-state index in [1.165, 1.54) is 18.2 Å². The third kappa shape index (κ3) is 2.53. The average molecular weight is 342 g/mol. The molecule has 8 heteroatoms. The largest absolute Gasteiger partial charge is 0.454 e. The molecule has 2 amide bonds. The zero-order chi connectivity index (χ0) is 17.6. The molecule has 4 rings (SSSR count). The molecule has 2 heterocycles. The number of furan rings is 1. The standard InChI is InChI=1S/C17H11FN2O5/c18-9-2-3-10-12(6-9)25-15(16(19)21)14(10)20-17(22)8-1-4-11-13(5-8)24-7-23-11/h1-6H,7H2,(H2,19,21)(H,20,22). The molecule has 0 atom stereocenters. The van der Waals surface area contributed by atoms with E-state index in [0.29, 0.717) is 16.9 Å². The number of hydrogen-bond donors (Lipinski definition) is 2. The Hall–Kier alpha value is -3.55. The minimum Gasteiger partial charge on any atom is -0.454 e. The predicted molar refractivity (Wildman–Crippen MR) is 85.2 cm³/mol. The highest BCUT2D eigenvalue weighted by Gasteiger charge is 2.22. The van der Waals surface area contributed by atoms with Gasteiger partial charge < -0.3 is 24.9 Å². The van der Waals surface area contributed by atoms with E-state index in [9.17, 15) is 14.0 Å². The van der Waals surface area contributed by atoms with Crippen LogP contribution in [0.5, 0.6) is 11.5 Å². The van der Waals surface area contributed by atoms with Gasteiger partial charge >= 0.3 is 0 Å². The van der Waals surface area contributed by atoms with Crippen molar-refractivity contribution in [3.8, 4) is 11.5 Å². The first-order valence-electron chi connectivity index (χ1n) is 7.26. The molecule has 0 saturated heterocycles. The molecule has 2 aromatic carbocycles. The third-order valence-corrected chi connectivity index (χ3v) is 3.75. The van der Waals surface area contributed by atoms with Gasteiger partial charge in [0.25, 0.3) is 11.8 Å². The SMILES string of the molecule is NC(=O)c1oc2cc(F)ccc2c1NC(=O)c1ccc2c(c1)OCO2. The van der Waals surface area contributed by atoms with Crippen molar-refractivity contribution in [2.24, 2.45) is 5.73 Å². The van der Waals surface area contributed by atoms with Gasteiger partial charge in [0.05, 0.1) is 0 Å². The number of benzene rings is 2. The maximum atomic E-state index is 13.3. The van der Waals surface area contributed by atoms with Crippen LogP contribution in [0.4, 0.5) is 10.1 Å². The number of nitrogens with one attached hydrogen (secondary N) is 1. The Bertz CT molecular complexity index is 1030. The van der Waals surface area contributed by atoms with Crippen LogP contribution in [0, 0.1) is 5.82 Å². The van der Waals surface area contributed by atoms with Gasteiger partial charge in [0.15, 0.2) is 11.5 Å². The first-order chi connectivity index (χ1) is 12.0. The fourth-order valence-corrected chi connectivity index (χ4v) is 2.59. The van der Waals surface area contributed by atoms with E-state index in [-0.39, 0.29) is 29.4 Å². The number of rotatable bonds is 3. The summed E-state index contributed by atoms with van der Waals surface area (Å²) in [6.45, 7) is 0.0875. The van der Waals surface area contributed by atoms with Crippen molar-refractivity contribution in [3.63, 3.8) is 0 Å². The smallest absolute Gasteiger partial charge is 0.286 e. The van der Waals surface area contributed by atoms with Gasteiger partial charge in [-0.1, -0.05) is 0 Å². The third-order valence-electron chi connectivity index (χ3n) is 3.75. The summed E-state index contributed by atoms with van der Waals surface area (Å²) < 4.78 is 29.0. The van der Waals surface area contributed by atoms with Crippen LogP contribution in [0.1, 0.15) is 20.9 Å². The minimum absolute atomic E-state index is 0.0875.